The largest absolute Gasteiger partial charge is 0.399 e. The van der Waals surface area contributed by atoms with E-state index in [1.54, 1.807) is 24.3 Å². The molecule has 108 valence electrons. The number of carbonyl (C=O) groups excluding carboxylic acids is 1. The van der Waals surface area contributed by atoms with E-state index in [0.717, 1.165) is 16.8 Å². The monoisotopic (exact) mass is 288 g/mol. The summed E-state index contributed by atoms with van der Waals surface area (Å²) < 4.78 is 0. The van der Waals surface area contributed by atoms with Crippen molar-refractivity contribution in [2.45, 2.75) is 0 Å². The summed E-state index contributed by atoms with van der Waals surface area (Å²) in [7, 11) is 0. The number of amides is 1. The van der Waals surface area contributed by atoms with Crippen LogP contribution in [0.3, 0.4) is 0 Å². The van der Waals surface area contributed by atoms with E-state index in [1.165, 1.54) is 0 Å². The number of benzene rings is 3. The Morgan fingerprint density at radius 1 is 0.818 bits per heavy atom. The second-order valence-corrected chi connectivity index (χ2v) is 4.99. The van der Waals surface area contributed by atoms with E-state index < -0.39 is 0 Å². The topological polar surface area (TPSA) is 55.1 Å². The molecule has 0 atom stereocenters. The zero-order valence-corrected chi connectivity index (χ0v) is 12.0. The van der Waals surface area contributed by atoms with Gasteiger partial charge in [0, 0.05) is 22.5 Å². The summed E-state index contributed by atoms with van der Waals surface area (Å²) >= 11 is 0. The molecule has 0 bridgehead atoms. The summed E-state index contributed by atoms with van der Waals surface area (Å²) in [5, 5.41) is 2.96. The average molecular weight is 288 g/mol. The van der Waals surface area contributed by atoms with Gasteiger partial charge in [-0.15, -0.1) is 0 Å². The number of rotatable bonds is 3. The minimum atomic E-state index is -0.171. The molecule has 0 aliphatic carbocycles. The molecule has 3 rings (SSSR count). The zero-order chi connectivity index (χ0) is 15.4. The van der Waals surface area contributed by atoms with Gasteiger partial charge in [-0.25, -0.2) is 0 Å². The van der Waals surface area contributed by atoms with E-state index >= 15 is 0 Å². The summed E-state index contributed by atoms with van der Waals surface area (Å²) in [6.07, 6.45) is 0. The SMILES string of the molecule is Nc1cccc(C(=O)Nc2ccccc2-c2ccccc2)c1. The van der Waals surface area contributed by atoms with E-state index in [4.69, 9.17) is 5.73 Å². The third kappa shape index (κ3) is 2.99. The van der Waals surface area contributed by atoms with Crippen LogP contribution in [0.25, 0.3) is 11.1 Å². The predicted molar refractivity (Wildman–Crippen MR) is 90.7 cm³/mol. The normalized spacial score (nSPS) is 10.2. The van der Waals surface area contributed by atoms with Crippen molar-refractivity contribution in [3.05, 3.63) is 84.4 Å². The maximum absolute atomic E-state index is 12.4. The highest BCUT2D eigenvalue weighted by molar-refractivity contribution is 6.06. The smallest absolute Gasteiger partial charge is 0.255 e. The summed E-state index contributed by atoms with van der Waals surface area (Å²) in [6, 6.07) is 24.7. The second kappa shape index (κ2) is 6.14. The maximum atomic E-state index is 12.4. The Labute approximate surface area is 129 Å². The van der Waals surface area contributed by atoms with Crippen molar-refractivity contribution in [3.8, 4) is 11.1 Å². The molecule has 0 heterocycles. The number of nitrogens with two attached hydrogens (primary N) is 1. The molecule has 0 aliphatic rings. The molecule has 0 saturated carbocycles. The molecule has 0 spiro atoms. The molecule has 3 aromatic carbocycles. The molecule has 3 aromatic rings. The van der Waals surface area contributed by atoms with Crippen LogP contribution in [-0.2, 0) is 0 Å². The van der Waals surface area contributed by atoms with Gasteiger partial charge in [0.25, 0.3) is 5.91 Å². The van der Waals surface area contributed by atoms with E-state index in [0.29, 0.717) is 11.3 Å². The van der Waals surface area contributed by atoms with Gasteiger partial charge in [-0.1, -0.05) is 54.6 Å². The standard InChI is InChI=1S/C19H16N2O/c20-16-10-6-9-15(13-16)19(22)21-18-12-5-4-11-17(18)14-7-2-1-3-8-14/h1-13H,20H2,(H,21,22). The molecule has 0 radical (unpaired) electrons. The van der Waals surface area contributed by atoms with E-state index in [2.05, 4.69) is 5.32 Å². The highest BCUT2D eigenvalue weighted by atomic mass is 16.1. The van der Waals surface area contributed by atoms with Gasteiger partial charge in [0.2, 0.25) is 0 Å². The minimum absolute atomic E-state index is 0.171. The number of para-hydroxylation sites is 1. The molecule has 0 fully saturated rings. The van der Waals surface area contributed by atoms with Crippen molar-refractivity contribution >= 4 is 17.3 Å². The van der Waals surface area contributed by atoms with Crippen LogP contribution in [-0.4, -0.2) is 5.91 Å². The number of nitrogens with one attached hydrogen (secondary N) is 1. The van der Waals surface area contributed by atoms with Crippen LogP contribution in [0.15, 0.2) is 78.9 Å². The lowest BCUT2D eigenvalue weighted by atomic mass is 10.0. The van der Waals surface area contributed by atoms with Gasteiger partial charge in [-0.05, 0) is 29.8 Å². The van der Waals surface area contributed by atoms with Crippen LogP contribution >= 0.6 is 0 Å². The Balaban J connectivity index is 1.92. The fourth-order valence-corrected chi connectivity index (χ4v) is 2.34. The second-order valence-electron chi connectivity index (χ2n) is 4.99. The minimum Gasteiger partial charge on any atom is -0.399 e. The van der Waals surface area contributed by atoms with Crippen LogP contribution in [0.4, 0.5) is 11.4 Å². The van der Waals surface area contributed by atoms with Crippen molar-refractivity contribution in [3.63, 3.8) is 0 Å². The highest BCUT2D eigenvalue weighted by Crippen LogP contribution is 2.27. The van der Waals surface area contributed by atoms with Gasteiger partial charge < -0.3 is 11.1 Å². The molecule has 0 unspecified atom stereocenters. The van der Waals surface area contributed by atoms with Gasteiger partial charge >= 0.3 is 0 Å². The van der Waals surface area contributed by atoms with Crippen molar-refractivity contribution in [2.75, 3.05) is 11.1 Å². The van der Waals surface area contributed by atoms with Crippen LogP contribution in [0, 0.1) is 0 Å². The van der Waals surface area contributed by atoms with Crippen molar-refractivity contribution in [1.82, 2.24) is 0 Å². The molecule has 3 heteroatoms. The molecule has 1 amide bonds. The van der Waals surface area contributed by atoms with Gasteiger partial charge in [0.05, 0.1) is 0 Å². The number of anilines is 2. The Hall–Kier alpha value is -3.07. The third-order valence-corrected chi connectivity index (χ3v) is 3.41. The van der Waals surface area contributed by atoms with Crippen LogP contribution in [0.5, 0.6) is 0 Å². The van der Waals surface area contributed by atoms with Gasteiger partial charge in [0.1, 0.15) is 0 Å². The molecule has 22 heavy (non-hydrogen) atoms. The molecule has 3 nitrogen and oxygen atoms in total. The molecule has 3 N–H and O–H groups in total. The number of hydrogen-bond acceptors (Lipinski definition) is 2. The first kappa shape index (κ1) is 13.9. The Morgan fingerprint density at radius 3 is 2.32 bits per heavy atom. The van der Waals surface area contributed by atoms with Gasteiger partial charge in [0.15, 0.2) is 0 Å². The van der Waals surface area contributed by atoms with E-state index in [9.17, 15) is 4.79 Å². The van der Waals surface area contributed by atoms with Crippen LogP contribution < -0.4 is 11.1 Å². The number of carbonyl (C=O) groups is 1. The summed E-state index contributed by atoms with van der Waals surface area (Å²) in [4.78, 5) is 12.4. The summed E-state index contributed by atoms with van der Waals surface area (Å²) in [6.45, 7) is 0. The molecule has 0 saturated heterocycles. The fourth-order valence-electron chi connectivity index (χ4n) is 2.34. The van der Waals surface area contributed by atoms with Crippen LogP contribution in [0.2, 0.25) is 0 Å². The van der Waals surface area contributed by atoms with E-state index in [-0.39, 0.29) is 5.91 Å². The average Bonchev–Trinajstić information content (AvgIpc) is 2.56. The zero-order valence-electron chi connectivity index (χ0n) is 12.0. The first-order valence-corrected chi connectivity index (χ1v) is 7.05. The van der Waals surface area contributed by atoms with Crippen molar-refractivity contribution in [2.24, 2.45) is 0 Å². The first-order chi connectivity index (χ1) is 10.7. The van der Waals surface area contributed by atoms with Crippen molar-refractivity contribution in [1.29, 1.82) is 0 Å². The third-order valence-electron chi connectivity index (χ3n) is 3.41. The van der Waals surface area contributed by atoms with Crippen molar-refractivity contribution < 1.29 is 4.79 Å². The number of nitrogen functional groups attached to an aromatic ring is 1. The Bertz CT molecular complexity index is 797. The maximum Gasteiger partial charge on any atom is 0.255 e. The molecule has 0 aromatic heterocycles. The van der Waals surface area contributed by atoms with E-state index in [1.807, 2.05) is 54.6 Å². The Kier molecular flexibility index (Phi) is 3.88. The lowest BCUT2D eigenvalue weighted by Gasteiger charge is -2.11. The highest BCUT2D eigenvalue weighted by Gasteiger charge is 2.10. The molecule has 0 aliphatic heterocycles. The Morgan fingerprint density at radius 2 is 1.55 bits per heavy atom. The van der Waals surface area contributed by atoms with Gasteiger partial charge in [-0.2, -0.15) is 0 Å². The summed E-state index contributed by atoms with van der Waals surface area (Å²) in [5.41, 5.74) is 9.67. The lowest BCUT2D eigenvalue weighted by molar-refractivity contribution is 0.102. The molecular weight excluding hydrogens is 272 g/mol. The first-order valence-electron chi connectivity index (χ1n) is 7.05. The predicted octanol–water partition coefficient (Wildman–Crippen LogP) is 4.19. The molecular formula is C19H16N2O. The lowest BCUT2D eigenvalue weighted by Crippen LogP contribution is -2.12. The number of hydrogen-bond donors (Lipinski definition) is 2. The fraction of sp³-hybridized carbons (Fsp3) is 0. The van der Waals surface area contributed by atoms with Gasteiger partial charge in [-0.3, -0.25) is 4.79 Å². The quantitative estimate of drug-likeness (QED) is 0.710. The summed E-state index contributed by atoms with van der Waals surface area (Å²) in [5.74, 6) is -0.171. The van der Waals surface area contributed by atoms with Crippen LogP contribution in [0.1, 0.15) is 10.4 Å².